The van der Waals surface area contributed by atoms with Crippen LogP contribution < -0.4 is 10.5 Å². The highest BCUT2D eigenvalue weighted by atomic mass is 16.5. The summed E-state index contributed by atoms with van der Waals surface area (Å²) in [4.78, 5) is 4.57. The second kappa shape index (κ2) is 13.6. The van der Waals surface area contributed by atoms with Gasteiger partial charge in [0.1, 0.15) is 11.8 Å². The number of aryl methyl sites for hydroxylation is 1. The third-order valence-electron chi connectivity index (χ3n) is 4.81. The van der Waals surface area contributed by atoms with Crippen LogP contribution >= 0.6 is 0 Å². The zero-order chi connectivity index (χ0) is 26.0. The molecule has 0 amide bonds. The highest BCUT2D eigenvalue weighted by Crippen LogP contribution is 2.32. The number of aromatic nitrogens is 2. The van der Waals surface area contributed by atoms with Crippen LogP contribution in [0.15, 0.2) is 40.9 Å². The van der Waals surface area contributed by atoms with Crippen LogP contribution in [0.4, 0.5) is 0 Å². The molecule has 2 aromatic carbocycles. The number of hydrogen-bond acceptors (Lipinski definition) is 7. The summed E-state index contributed by atoms with van der Waals surface area (Å²) < 4.78 is 11.1. The molecule has 0 aliphatic heterocycles. The number of hydrogen-bond donors (Lipinski definition) is 2. The van der Waals surface area contributed by atoms with Gasteiger partial charge in [-0.3, -0.25) is 0 Å². The Morgan fingerprint density at radius 2 is 1.80 bits per heavy atom. The minimum atomic E-state index is -0.0602. The third-order valence-corrected chi connectivity index (χ3v) is 4.81. The number of benzene rings is 2. The number of nitrogens with two attached hydrogens (primary N) is 1. The van der Waals surface area contributed by atoms with Crippen molar-refractivity contribution in [3.63, 3.8) is 0 Å². The molecule has 0 spiro atoms. The van der Waals surface area contributed by atoms with Gasteiger partial charge in [0, 0.05) is 17.2 Å². The fourth-order valence-corrected chi connectivity index (χ4v) is 3.39. The summed E-state index contributed by atoms with van der Waals surface area (Å²) >= 11 is 0. The Balaban J connectivity index is 0.000000414. The molecule has 3 aromatic rings. The number of rotatable bonds is 5. The summed E-state index contributed by atoms with van der Waals surface area (Å²) in [5.74, 6) is 2.40. The lowest BCUT2D eigenvalue weighted by molar-refractivity contribution is 0.241. The molecule has 0 fully saturated rings. The zero-order valence-corrected chi connectivity index (χ0v) is 21.7. The second-order valence-electron chi connectivity index (χ2n) is 9.60. The number of aliphatic hydroxyl groups excluding tert-OH is 1. The highest BCUT2D eigenvalue weighted by molar-refractivity contribution is 5.66. The van der Waals surface area contributed by atoms with Crippen LogP contribution in [0.3, 0.4) is 0 Å². The molecule has 0 radical (unpaired) electrons. The van der Waals surface area contributed by atoms with Gasteiger partial charge in [-0.2, -0.15) is 10.2 Å². The van der Waals surface area contributed by atoms with Gasteiger partial charge in [0.2, 0.25) is 5.82 Å². The average Bonchev–Trinajstić information content (AvgIpc) is 3.49. The minimum absolute atomic E-state index is 0.00290. The molecule has 3 N–H and O–H groups in total. The topological polar surface area (TPSA) is 118 Å². The predicted molar refractivity (Wildman–Crippen MR) is 139 cm³/mol. The number of nitrogens with zero attached hydrogens (tertiary/aromatic N) is 3. The van der Waals surface area contributed by atoms with Crippen LogP contribution in [-0.4, -0.2) is 34.0 Å². The lowest BCUT2D eigenvalue weighted by Crippen LogP contribution is -2.18. The van der Waals surface area contributed by atoms with Crippen LogP contribution in [0.25, 0.3) is 22.8 Å². The van der Waals surface area contributed by atoms with E-state index < -0.39 is 0 Å². The van der Waals surface area contributed by atoms with Gasteiger partial charge >= 0.3 is 0 Å². The van der Waals surface area contributed by atoms with Crippen LogP contribution in [-0.2, 0) is 12.8 Å². The fourth-order valence-electron chi connectivity index (χ4n) is 3.39. The Labute approximate surface area is 208 Å². The van der Waals surface area contributed by atoms with E-state index in [0.717, 1.165) is 24.3 Å². The maximum atomic E-state index is 9.40. The predicted octanol–water partition coefficient (Wildman–Crippen LogP) is 5.54. The summed E-state index contributed by atoms with van der Waals surface area (Å²) in [7, 11) is 0. The van der Waals surface area contributed by atoms with Gasteiger partial charge in [0.05, 0.1) is 18.3 Å². The van der Waals surface area contributed by atoms with Gasteiger partial charge in [-0.05, 0) is 75.3 Å². The van der Waals surface area contributed by atoms with E-state index in [4.69, 9.17) is 20.1 Å². The van der Waals surface area contributed by atoms with Gasteiger partial charge in [-0.25, -0.2) is 0 Å². The van der Waals surface area contributed by atoms with E-state index >= 15 is 0 Å². The summed E-state index contributed by atoms with van der Waals surface area (Å²) in [5.41, 5.74) is 9.94. The average molecular weight is 479 g/mol. The monoisotopic (exact) mass is 478 g/mol. The van der Waals surface area contributed by atoms with Gasteiger partial charge in [0.25, 0.3) is 5.89 Å². The van der Waals surface area contributed by atoms with Crippen LogP contribution in [0.5, 0.6) is 5.75 Å². The zero-order valence-electron chi connectivity index (χ0n) is 21.7. The van der Waals surface area contributed by atoms with E-state index in [1.807, 2.05) is 32.0 Å². The molecular formula is C28H38N4O3. The van der Waals surface area contributed by atoms with E-state index in [1.165, 1.54) is 17.5 Å². The molecule has 0 bridgehead atoms. The Kier molecular flexibility index (Phi) is 10.9. The molecule has 1 aliphatic rings. The lowest BCUT2D eigenvalue weighted by atomic mass is 10.0. The Morgan fingerprint density at radius 1 is 1.11 bits per heavy atom. The third kappa shape index (κ3) is 8.50. The van der Waals surface area contributed by atoms with Gasteiger partial charge in [-0.1, -0.05) is 44.1 Å². The van der Waals surface area contributed by atoms with Gasteiger partial charge < -0.3 is 20.1 Å². The molecule has 188 valence electrons. The summed E-state index contributed by atoms with van der Waals surface area (Å²) in [5, 5.41) is 21.6. The number of ether oxygens (including phenoxy) is 1. The second-order valence-corrected chi connectivity index (χ2v) is 9.60. The van der Waals surface area contributed by atoms with Crippen LogP contribution in [0, 0.1) is 17.2 Å². The fraction of sp³-hybridized carbons (Fsp3) is 0.464. The molecule has 0 saturated heterocycles. The molecule has 1 atom stereocenters. The SMILES string of the molecule is CC(C)C.CC(C)Oc1ccc(-c2nc(-c3cccc4c3CCC4)no2)cc1C#N.CC(N)CO. The van der Waals surface area contributed by atoms with Crippen molar-refractivity contribution in [2.45, 2.75) is 73.0 Å². The lowest BCUT2D eigenvalue weighted by Gasteiger charge is -2.11. The van der Waals surface area contributed by atoms with Gasteiger partial charge in [0.15, 0.2) is 0 Å². The van der Waals surface area contributed by atoms with Crippen molar-refractivity contribution < 1.29 is 14.4 Å². The van der Waals surface area contributed by atoms with E-state index in [0.29, 0.717) is 28.6 Å². The maximum Gasteiger partial charge on any atom is 0.258 e. The standard InChI is InChI=1S/C21H19N3O2.C4H10.C3H9NO/c1-13(2)25-19-10-9-15(11-16(19)12-22)21-23-20(24-26-21)18-8-4-6-14-5-3-7-17(14)18;1-4(2)3;1-3(4)2-5/h4,6,8-11,13H,3,5,7H2,1-2H3;4H,1-3H3;3,5H,2,4H2,1H3. The first kappa shape index (κ1) is 28.0. The summed E-state index contributed by atoms with van der Waals surface area (Å²) in [6, 6.07) is 13.7. The highest BCUT2D eigenvalue weighted by Gasteiger charge is 2.20. The molecule has 35 heavy (non-hydrogen) atoms. The first-order valence-electron chi connectivity index (χ1n) is 12.2. The first-order chi connectivity index (χ1) is 16.7. The van der Waals surface area contributed by atoms with Crippen molar-refractivity contribution in [3.8, 4) is 34.7 Å². The van der Waals surface area contributed by atoms with Gasteiger partial charge in [-0.15, -0.1) is 0 Å². The Hall–Kier alpha value is -3.21. The molecule has 1 aliphatic carbocycles. The molecule has 1 aromatic heterocycles. The smallest absolute Gasteiger partial charge is 0.258 e. The van der Waals surface area contributed by atoms with Crippen molar-refractivity contribution in [2.75, 3.05) is 6.61 Å². The van der Waals surface area contributed by atoms with E-state index in [1.54, 1.807) is 19.1 Å². The summed E-state index contributed by atoms with van der Waals surface area (Å²) in [6.07, 6.45) is 3.33. The quantitative estimate of drug-likeness (QED) is 0.494. The van der Waals surface area contributed by atoms with Crippen molar-refractivity contribution >= 4 is 0 Å². The van der Waals surface area contributed by atoms with Crippen LogP contribution in [0.1, 0.15) is 64.7 Å². The van der Waals surface area contributed by atoms with E-state index in [9.17, 15) is 5.26 Å². The van der Waals surface area contributed by atoms with E-state index in [-0.39, 0.29) is 18.8 Å². The van der Waals surface area contributed by atoms with Crippen LogP contribution in [0.2, 0.25) is 0 Å². The molecule has 0 saturated carbocycles. The molecular weight excluding hydrogens is 440 g/mol. The van der Waals surface area contributed by atoms with Crippen molar-refractivity contribution in [1.82, 2.24) is 10.1 Å². The largest absolute Gasteiger partial charge is 0.490 e. The van der Waals surface area contributed by atoms with Crippen molar-refractivity contribution in [2.24, 2.45) is 11.7 Å². The normalized spacial score (nSPS) is 12.7. The minimum Gasteiger partial charge on any atom is -0.490 e. The maximum absolute atomic E-state index is 9.40. The summed E-state index contributed by atoms with van der Waals surface area (Å²) in [6.45, 7) is 12.2. The number of nitriles is 1. The van der Waals surface area contributed by atoms with Crippen molar-refractivity contribution in [3.05, 3.63) is 53.1 Å². The molecule has 4 rings (SSSR count). The Bertz CT molecular complexity index is 1110. The Morgan fingerprint density at radius 3 is 2.40 bits per heavy atom. The number of aliphatic hydroxyl groups is 1. The van der Waals surface area contributed by atoms with Crippen molar-refractivity contribution in [1.29, 1.82) is 5.26 Å². The first-order valence-corrected chi connectivity index (χ1v) is 12.2. The molecule has 7 nitrogen and oxygen atoms in total. The number of fused-ring (bicyclic) bond motifs is 1. The van der Waals surface area contributed by atoms with E-state index in [2.05, 4.69) is 43.0 Å². The molecule has 1 unspecified atom stereocenters. The molecule has 1 heterocycles. The molecule has 7 heteroatoms.